The number of nitrogens with two attached hydrogens (primary N) is 1. The molecule has 1 amide bonds. The lowest BCUT2D eigenvalue weighted by atomic mass is 10.2. The van der Waals surface area contributed by atoms with Crippen LogP contribution in [0.5, 0.6) is 0 Å². The predicted octanol–water partition coefficient (Wildman–Crippen LogP) is 2.53. The van der Waals surface area contributed by atoms with E-state index in [1.54, 1.807) is 18.5 Å². The van der Waals surface area contributed by atoms with Crippen LogP contribution in [0.25, 0.3) is 34.0 Å². The van der Waals surface area contributed by atoms with Crippen molar-refractivity contribution in [3.8, 4) is 23.0 Å². The summed E-state index contributed by atoms with van der Waals surface area (Å²) in [6.45, 7) is 1.79. The number of furan rings is 1. The minimum Gasteiger partial charge on any atom is -0.461 e. The van der Waals surface area contributed by atoms with E-state index in [2.05, 4.69) is 20.1 Å². The number of H-pyrrole nitrogens is 1. The second kappa shape index (κ2) is 5.75. The molecule has 0 spiro atoms. The normalized spacial score (nSPS) is 11.3. The number of nitrogens with one attached hydrogen (secondary N) is 1. The third-order valence-corrected chi connectivity index (χ3v) is 4.00. The molecule has 0 saturated carbocycles. The molecule has 4 aromatic rings. The zero-order valence-electron chi connectivity index (χ0n) is 13.2. The lowest BCUT2D eigenvalue weighted by Crippen LogP contribution is -2.20. The van der Waals surface area contributed by atoms with E-state index in [1.165, 1.54) is 4.68 Å². The molecule has 25 heavy (non-hydrogen) atoms. The SMILES string of the molecule is Cc1ccoc1-c1nc(-c2c[nH]c3nc(Cl)ccc23)n(CC(N)=O)n1. The van der Waals surface area contributed by atoms with Gasteiger partial charge in [0.1, 0.15) is 17.3 Å². The van der Waals surface area contributed by atoms with Gasteiger partial charge >= 0.3 is 0 Å². The van der Waals surface area contributed by atoms with Crippen molar-refractivity contribution < 1.29 is 9.21 Å². The minimum atomic E-state index is -0.519. The van der Waals surface area contributed by atoms with Crippen molar-refractivity contribution in [1.82, 2.24) is 24.7 Å². The lowest BCUT2D eigenvalue weighted by Gasteiger charge is -2.02. The molecule has 0 atom stereocenters. The molecule has 0 unspecified atom stereocenters. The van der Waals surface area contributed by atoms with Crippen LogP contribution in [0.2, 0.25) is 5.15 Å². The van der Waals surface area contributed by atoms with E-state index < -0.39 is 5.91 Å². The second-order valence-electron chi connectivity index (χ2n) is 5.55. The van der Waals surface area contributed by atoms with Crippen LogP contribution in [-0.4, -0.2) is 30.6 Å². The summed E-state index contributed by atoms with van der Waals surface area (Å²) in [6.07, 6.45) is 3.31. The van der Waals surface area contributed by atoms with E-state index in [1.807, 2.05) is 19.1 Å². The predicted molar refractivity (Wildman–Crippen MR) is 91.8 cm³/mol. The maximum atomic E-state index is 11.4. The van der Waals surface area contributed by atoms with E-state index in [0.29, 0.717) is 28.2 Å². The summed E-state index contributed by atoms with van der Waals surface area (Å²) in [4.78, 5) is 23.3. The number of halogens is 1. The largest absolute Gasteiger partial charge is 0.461 e. The van der Waals surface area contributed by atoms with Gasteiger partial charge in [0.25, 0.3) is 0 Å². The van der Waals surface area contributed by atoms with Gasteiger partial charge in [0.2, 0.25) is 11.7 Å². The number of carbonyl (C=O) groups excluding carboxylic acids is 1. The Morgan fingerprint density at radius 2 is 2.20 bits per heavy atom. The van der Waals surface area contributed by atoms with Gasteiger partial charge in [-0.15, -0.1) is 5.10 Å². The molecular weight excluding hydrogens is 344 g/mol. The average Bonchev–Trinajstić information content (AvgIpc) is 3.24. The van der Waals surface area contributed by atoms with Gasteiger partial charge in [-0.25, -0.2) is 14.6 Å². The summed E-state index contributed by atoms with van der Waals surface area (Å²) in [7, 11) is 0. The van der Waals surface area contributed by atoms with Crippen molar-refractivity contribution in [2.75, 3.05) is 0 Å². The highest BCUT2D eigenvalue weighted by molar-refractivity contribution is 6.29. The highest BCUT2D eigenvalue weighted by Crippen LogP contribution is 2.30. The number of carbonyl (C=O) groups is 1. The Morgan fingerprint density at radius 1 is 1.36 bits per heavy atom. The van der Waals surface area contributed by atoms with Gasteiger partial charge in [-0.1, -0.05) is 11.6 Å². The molecule has 0 aromatic carbocycles. The number of aromatic amines is 1. The van der Waals surface area contributed by atoms with Crippen LogP contribution in [0.1, 0.15) is 5.56 Å². The fraction of sp³-hybridized carbons (Fsp3) is 0.125. The number of hydrogen-bond donors (Lipinski definition) is 2. The van der Waals surface area contributed by atoms with Gasteiger partial charge in [0.05, 0.1) is 6.26 Å². The monoisotopic (exact) mass is 356 g/mol. The zero-order valence-corrected chi connectivity index (χ0v) is 13.9. The number of nitrogens with zero attached hydrogens (tertiary/aromatic N) is 4. The average molecular weight is 357 g/mol. The molecule has 4 rings (SSSR count). The number of pyridine rings is 1. The Balaban J connectivity index is 1.91. The van der Waals surface area contributed by atoms with Gasteiger partial charge in [0.15, 0.2) is 11.6 Å². The van der Waals surface area contributed by atoms with Crippen LogP contribution in [0.15, 0.2) is 35.1 Å². The quantitative estimate of drug-likeness (QED) is 0.545. The molecule has 8 nitrogen and oxygen atoms in total. The van der Waals surface area contributed by atoms with E-state index in [-0.39, 0.29) is 6.54 Å². The standard InChI is InChI=1S/C16H13ClN6O2/c1-8-4-5-25-13(8)15-21-16(23(22-15)7-12(18)24)10-6-19-14-9(10)2-3-11(17)20-14/h2-6H,7H2,1H3,(H2,18,24)(H,19,20). The van der Waals surface area contributed by atoms with Gasteiger partial charge in [-0.3, -0.25) is 4.79 Å². The Morgan fingerprint density at radius 3 is 2.92 bits per heavy atom. The van der Waals surface area contributed by atoms with Crippen molar-refractivity contribution >= 4 is 28.5 Å². The zero-order chi connectivity index (χ0) is 17.6. The molecule has 126 valence electrons. The van der Waals surface area contributed by atoms with Crippen molar-refractivity contribution in [3.05, 3.63) is 41.4 Å². The molecule has 0 aliphatic heterocycles. The smallest absolute Gasteiger partial charge is 0.239 e. The first kappa shape index (κ1) is 15.4. The van der Waals surface area contributed by atoms with E-state index in [0.717, 1.165) is 16.5 Å². The van der Waals surface area contributed by atoms with E-state index in [9.17, 15) is 4.79 Å². The van der Waals surface area contributed by atoms with Crippen LogP contribution in [0.3, 0.4) is 0 Å². The molecule has 0 aliphatic rings. The van der Waals surface area contributed by atoms with Crippen molar-refractivity contribution in [1.29, 1.82) is 0 Å². The molecular formula is C16H13ClN6O2. The molecule has 9 heteroatoms. The maximum Gasteiger partial charge on any atom is 0.239 e. The second-order valence-corrected chi connectivity index (χ2v) is 5.94. The van der Waals surface area contributed by atoms with Gasteiger partial charge in [-0.2, -0.15) is 0 Å². The van der Waals surface area contributed by atoms with Gasteiger partial charge in [-0.05, 0) is 30.7 Å². The molecule has 0 saturated heterocycles. The van der Waals surface area contributed by atoms with E-state index in [4.69, 9.17) is 21.8 Å². The van der Waals surface area contributed by atoms with Crippen LogP contribution in [0.4, 0.5) is 0 Å². The van der Waals surface area contributed by atoms with E-state index >= 15 is 0 Å². The van der Waals surface area contributed by atoms with Crippen molar-refractivity contribution in [2.24, 2.45) is 5.73 Å². The summed E-state index contributed by atoms with van der Waals surface area (Å²) in [5.74, 6) is 0.898. The van der Waals surface area contributed by atoms with Crippen LogP contribution >= 0.6 is 11.6 Å². The fourth-order valence-corrected chi connectivity index (χ4v) is 2.81. The molecule has 4 aromatic heterocycles. The van der Waals surface area contributed by atoms with Gasteiger partial charge in [0, 0.05) is 17.1 Å². The minimum absolute atomic E-state index is 0.101. The number of hydrogen-bond acceptors (Lipinski definition) is 5. The number of amides is 1. The number of fused-ring (bicyclic) bond motifs is 1. The number of primary amides is 1. The van der Waals surface area contributed by atoms with Crippen LogP contribution in [0, 0.1) is 6.92 Å². The Hall–Kier alpha value is -3.13. The summed E-state index contributed by atoms with van der Waals surface area (Å²) in [5, 5.41) is 5.58. The summed E-state index contributed by atoms with van der Waals surface area (Å²) in [5.41, 5.74) is 7.60. The van der Waals surface area contributed by atoms with Crippen LogP contribution in [-0.2, 0) is 11.3 Å². The number of aromatic nitrogens is 5. The molecule has 0 bridgehead atoms. The third kappa shape index (κ3) is 2.66. The first-order valence-electron chi connectivity index (χ1n) is 7.44. The highest BCUT2D eigenvalue weighted by atomic mass is 35.5. The number of aryl methyl sites for hydroxylation is 1. The van der Waals surface area contributed by atoms with Crippen molar-refractivity contribution in [2.45, 2.75) is 13.5 Å². The lowest BCUT2D eigenvalue weighted by molar-refractivity contribution is -0.118. The molecule has 0 aliphatic carbocycles. The Bertz CT molecular complexity index is 1090. The maximum absolute atomic E-state index is 11.4. The molecule has 0 fully saturated rings. The topological polar surface area (TPSA) is 116 Å². The first-order chi connectivity index (χ1) is 12.0. The fourth-order valence-electron chi connectivity index (χ4n) is 2.66. The first-order valence-corrected chi connectivity index (χ1v) is 7.82. The number of rotatable bonds is 4. The molecule has 0 radical (unpaired) electrons. The van der Waals surface area contributed by atoms with Gasteiger partial charge < -0.3 is 15.1 Å². The van der Waals surface area contributed by atoms with Crippen LogP contribution < -0.4 is 5.73 Å². The third-order valence-electron chi connectivity index (χ3n) is 3.79. The van der Waals surface area contributed by atoms with Crippen molar-refractivity contribution in [3.63, 3.8) is 0 Å². The Kier molecular flexibility index (Phi) is 3.54. The summed E-state index contributed by atoms with van der Waals surface area (Å²) < 4.78 is 6.91. The summed E-state index contributed by atoms with van der Waals surface area (Å²) >= 11 is 5.93. The summed E-state index contributed by atoms with van der Waals surface area (Å²) in [6, 6.07) is 5.34. The Labute approximate surface area is 146 Å². The highest BCUT2D eigenvalue weighted by Gasteiger charge is 2.20. The molecule has 4 heterocycles. The molecule has 3 N–H and O–H groups in total.